The van der Waals surface area contributed by atoms with Crippen molar-refractivity contribution in [3.05, 3.63) is 54.6 Å². The Morgan fingerprint density at radius 2 is 1.77 bits per heavy atom. The Morgan fingerprint density at radius 1 is 1.03 bits per heavy atom. The Balaban J connectivity index is 1.59. The number of nitrogen functional groups attached to an aromatic ring is 1. The van der Waals surface area contributed by atoms with E-state index in [0.29, 0.717) is 61.2 Å². The third-order valence-corrected chi connectivity index (χ3v) is 5.25. The maximum Gasteiger partial charge on any atom is 0.228 e. The second-order valence-electron chi connectivity index (χ2n) is 7.30. The number of anilines is 2. The summed E-state index contributed by atoms with van der Waals surface area (Å²) in [6.45, 7) is 2.95. The van der Waals surface area contributed by atoms with Gasteiger partial charge in [0.2, 0.25) is 11.9 Å². The van der Waals surface area contributed by atoms with Crippen molar-refractivity contribution in [3.63, 3.8) is 0 Å². The van der Waals surface area contributed by atoms with Gasteiger partial charge in [-0.1, -0.05) is 30.3 Å². The number of nitrogens with two attached hydrogens (primary N) is 1. The third kappa shape index (κ3) is 3.90. The number of benzene rings is 1. The van der Waals surface area contributed by atoms with Gasteiger partial charge < -0.3 is 25.0 Å². The summed E-state index contributed by atoms with van der Waals surface area (Å²) in [7, 11) is 0. The Labute approximate surface area is 178 Å². The topological polar surface area (TPSA) is 128 Å². The molecule has 1 aliphatic heterocycles. The van der Waals surface area contributed by atoms with E-state index in [2.05, 4.69) is 19.9 Å². The van der Waals surface area contributed by atoms with Crippen molar-refractivity contribution in [3.8, 4) is 11.3 Å². The second-order valence-corrected chi connectivity index (χ2v) is 7.30. The summed E-state index contributed by atoms with van der Waals surface area (Å²) in [5, 5.41) is 10.7. The van der Waals surface area contributed by atoms with Gasteiger partial charge in [0, 0.05) is 31.0 Å². The lowest BCUT2D eigenvalue weighted by Gasteiger charge is -2.27. The largest absolute Gasteiger partial charge is 0.387 e. The van der Waals surface area contributed by atoms with Crippen LogP contribution in [0.3, 0.4) is 0 Å². The molecule has 1 aliphatic rings. The van der Waals surface area contributed by atoms with E-state index >= 15 is 0 Å². The van der Waals surface area contributed by atoms with Crippen LogP contribution in [0.2, 0.25) is 0 Å². The van der Waals surface area contributed by atoms with E-state index in [1.54, 1.807) is 18.7 Å². The molecule has 0 spiro atoms. The number of morpholine rings is 1. The first kappa shape index (κ1) is 19.3. The molecule has 1 unspecified atom stereocenters. The Morgan fingerprint density at radius 3 is 2.52 bits per heavy atom. The molecular weight excluding hydrogens is 396 g/mol. The van der Waals surface area contributed by atoms with Crippen molar-refractivity contribution >= 4 is 23.1 Å². The highest BCUT2D eigenvalue weighted by Crippen LogP contribution is 2.28. The lowest BCUT2D eigenvalue weighted by molar-refractivity contribution is 0.122. The fraction of sp³-hybridized carbons (Fsp3) is 0.286. The zero-order valence-corrected chi connectivity index (χ0v) is 16.8. The molecule has 31 heavy (non-hydrogen) atoms. The monoisotopic (exact) mass is 418 g/mol. The summed E-state index contributed by atoms with van der Waals surface area (Å²) in [6, 6.07) is 9.53. The van der Waals surface area contributed by atoms with E-state index in [4.69, 9.17) is 20.4 Å². The molecule has 3 N–H and O–H groups in total. The average Bonchev–Trinajstić information content (AvgIpc) is 3.23. The molecule has 5 rings (SSSR count). The number of rotatable bonds is 5. The summed E-state index contributed by atoms with van der Waals surface area (Å²) in [4.78, 5) is 24.4. The molecule has 1 atom stereocenters. The number of ether oxygens (including phenoxy) is 1. The molecule has 4 heterocycles. The summed E-state index contributed by atoms with van der Waals surface area (Å²) in [6.07, 6.45) is 4.25. The van der Waals surface area contributed by atoms with Crippen LogP contribution in [0.4, 0.5) is 11.9 Å². The van der Waals surface area contributed by atoms with E-state index in [9.17, 15) is 5.11 Å². The van der Waals surface area contributed by atoms with Crippen LogP contribution in [0.25, 0.3) is 22.4 Å². The molecule has 0 bridgehead atoms. The molecule has 0 saturated carbocycles. The number of hydrogen-bond donors (Lipinski definition) is 2. The molecular formula is C21H22N8O2. The molecule has 0 amide bonds. The quantitative estimate of drug-likeness (QED) is 0.494. The Hall–Kier alpha value is -3.63. The average molecular weight is 418 g/mol. The van der Waals surface area contributed by atoms with Crippen LogP contribution < -0.4 is 10.6 Å². The van der Waals surface area contributed by atoms with Gasteiger partial charge in [0.15, 0.2) is 5.65 Å². The summed E-state index contributed by atoms with van der Waals surface area (Å²) in [5.74, 6) is 0.776. The van der Waals surface area contributed by atoms with Gasteiger partial charge in [-0.25, -0.2) is 19.9 Å². The molecule has 1 fully saturated rings. The predicted molar refractivity (Wildman–Crippen MR) is 115 cm³/mol. The van der Waals surface area contributed by atoms with Gasteiger partial charge in [-0.3, -0.25) is 0 Å². The number of nitrogens with zero attached hydrogens (tertiary/aromatic N) is 7. The first-order chi connectivity index (χ1) is 15.2. The molecule has 0 aliphatic carbocycles. The SMILES string of the molecule is Nc1ncc(-c2nc(N3CCOCC3)nc3c2ncn3CC(O)c2ccccc2)cn1. The maximum atomic E-state index is 10.7. The third-order valence-electron chi connectivity index (χ3n) is 5.25. The molecule has 4 aromatic rings. The van der Waals surface area contributed by atoms with Crippen molar-refractivity contribution in [2.24, 2.45) is 0 Å². The highest BCUT2D eigenvalue weighted by atomic mass is 16.5. The lowest BCUT2D eigenvalue weighted by Crippen LogP contribution is -2.37. The number of hydrogen-bond acceptors (Lipinski definition) is 9. The summed E-state index contributed by atoms with van der Waals surface area (Å²) < 4.78 is 7.31. The van der Waals surface area contributed by atoms with Crippen LogP contribution in [0.1, 0.15) is 11.7 Å². The number of fused-ring (bicyclic) bond motifs is 1. The van der Waals surface area contributed by atoms with Gasteiger partial charge in [0.1, 0.15) is 11.2 Å². The molecule has 0 radical (unpaired) electrons. The molecule has 158 valence electrons. The fourth-order valence-electron chi connectivity index (χ4n) is 3.60. The van der Waals surface area contributed by atoms with Crippen molar-refractivity contribution < 1.29 is 9.84 Å². The van der Waals surface area contributed by atoms with Crippen molar-refractivity contribution in [2.45, 2.75) is 12.6 Å². The van der Waals surface area contributed by atoms with Gasteiger partial charge >= 0.3 is 0 Å². The highest BCUT2D eigenvalue weighted by molar-refractivity contribution is 5.88. The first-order valence-electron chi connectivity index (χ1n) is 10.1. The standard InChI is InChI=1S/C21H22N8O2/c22-20-23-10-15(11-24-20)17-18-19(27-21(26-17)28-6-8-31-9-7-28)29(13-25-18)12-16(30)14-4-2-1-3-5-14/h1-5,10-11,13,16,30H,6-9,12H2,(H2,22,23,24). The Bertz CT molecular complexity index is 1170. The predicted octanol–water partition coefficient (Wildman–Crippen LogP) is 1.44. The molecule has 10 heteroatoms. The van der Waals surface area contributed by atoms with Crippen molar-refractivity contribution in [1.29, 1.82) is 0 Å². The van der Waals surface area contributed by atoms with Gasteiger partial charge in [-0.05, 0) is 5.56 Å². The molecule has 3 aromatic heterocycles. The highest BCUT2D eigenvalue weighted by Gasteiger charge is 2.21. The van der Waals surface area contributed by atoms with Crippen LogP contribution in [0.5, 0.6) is 0 Å². The zero-order valence-electron chi connectivity index (χ0n) is 16.8. The zero-order chi connectivity index (χ0) is 21.2. The molecule has 10 nitrogen and oxygen atoms in total. The number of aromatic nitrogens is 6. The number of imidazole rings is 1. The minimum Gasteiger partial charge on any atom is -0.387 e. The van der Waals surface area contributed by atoms with Crippen LogP contribution >= 0.6 is 0 Å². The van der Waals surface area contributed by atoms with Crippen LogP contribution in [-0.2, 0) is 11.3 Å². The van der Waals surface area contributed by atoms with Crippen LogP contribution in [0, 0.1) is 0 Å². The first-order valence-corrected chi connectivity index (χ1v) is 10.1. The normalized spacial score (nSPS) is 15.3. The van der Waals surface area contributed by atoms with Gasteiger partial charge in [-0.2, -0.15) is 4.98 Å². The smallest absolute Gasteiger partial charge is 0.228 e. The van der Waals surface area contributed by atoms with Crippen molar-refractivity contribution in [2.75, 3.05) is 36.9 Å². The van der Waals surface area contributed by atoms with Crippen LogP contribution in [0.15, 0.2) is 49.1 Å². The molecule has 1 aromatic carbocycles. The number of aliphatic hydroxyl groups is 1. The van der Waals surface area contributed by atoms with E-state index in [1.165, 1.54) is 0 Å². The van der Waals surface area contributed by atoms with Gasteiger partial charge in [-0.15, -0.1) is 0 Å². The fourth-order valence-corrected chi connectivity index (χ4v) is 3.60. The van der Waals surface area contributed by atoms with Gasteiger partial charge in [0.25, 0.3) is 0 Å². The van der Waals surface area contributed by atoms with E-state index < -0.39 is 6.10 Å². The Kier molecular flexibility index (Phi) is 5.14. The van der Waals surface area contributed by atoms with E-state index in [0.717, 1.165) is 5.56 Å². The van der Waals surface area contributed by atoms with E-state index in [-0.39, 0.29) is 5.95 Å². The minimum absolute atomic E-state index is 0.193. The van der Waals surface area contributed by atoms with E-state index in [1.807, 2.05) is 34.9 Å². The minimum atomic E-state index is -0.691. The molecule has 1 saturated heterocycles. The summed E-state index contributed by atoms with van der Waals surface area (Å²) >= 11 is 0. The second kappa shape index (κ2) is 8.25. The van der Waals surface area contributed by atoms with Crippen molar-refractivity contribution in [1.82, 2.24) is 29.5 Å². The summed E-state index contributed by atoms with van der Waals surface area (Å²) in [5.41, 5.74) is 9.06. The lowest BCUT2D eigenvalue weighted by atomic mass is 10.1. The maximum absolute atomic E-state index is 10.7. The van der Waals surface area contributed by atoms with Crippen LogP contribution in [-0.4, -0.2) is 60.9 Å². The number of aliphatic hydroxyl groups excluding tert-OH is 1. The van der Waals surface area contributed by atoms with Gasteiger partial charge in [0.05, 0.1) is 32.2 Å².